The maximum atomic E-state index is 13.5. The molecule has 0 atom stereocenters. The van der Waals surface area contributed by atoms with Crippen molar-refractivity contribution in [2.45, 2.75) is 0 Å². The Balaban J connectivity index is 2.53. The van der Waals surface area contributed by atoms with E-state index in [1.54, 1.807) is 0 Å². The molecule has 0 aliphatic carbocycles. The monoisotopic (exact) mass is 326 g/mol. The number of carbonyl (C=O) groups is 1. The molecule has 0 saturated carbocycles. The van der Waals surface area contributed by atoms with Crippen molar-refractivity contribution in [2.24, 2.45) is 0 Å². The van der Waals surface area contributed by atoms with Crippen LogP contribution < -0.4 is 5.43 Å². The van der Waals surface area contributed by atoms with Gasteiger partial charge in [0.25, 0.3) is 0 Å². The molecule has 0 radical (unpaired) electrons. The third kappa shape index (κ3) is 2.04. The van der Waals surface area contributed by atoms with Crippen molar-refractivity contribution in [3.8, 4) is 5.82 Å². The van der Waals surface area contributed by atoms with E-state index in [-0.39, 0.29) is 21.7 Å². The molecular weight excluding hydrogens is 322 g/mol. The average molecular weight is 327 g/mol. The molecule has 22 heavy (non-hydrogen) atoms. The van der Waals surface area contributed by atoms with E-state index in [1.807, 2.05) is 0 Å². The summed E-state index contributed by atoms with van der Waals surface area (Å²) in [5, 5.41) is 12.3. The Morgan fingerprint density at radius 3 is 2.59 bits per heavy atom. The number of fused-ring (bicyclic) bond motifs is 1. The lowest BCUT2D eigenvalue weighted by Gasteiger charge is -2.10. The SMILES string of the molecule is O=C(O)c1cn(-c2nocc2Cl)c2cc(F)c(F)cc2c1=O. The van der Waals surface area contributed by atoms with Crippen molar-refractivity contribution < 1.29 is 23.2 Å². The zero-order valence-corrected chi connectivity index (χ0v) is 11.3. The van der Waals surface area contributed by atoms with Crippen molar-refractivity contribution in [2.75, 3.05) is 0 Å². The van der Waals surface area contributed by atoms with Gasteiger partial charge in [-0.25, -0.2) is 13.6 Å². The van der Waals surface area contributed by atoms with Gasteiger partial charge in [-0.2, -0.15) is 0 Å². The molecule has 112 valence electrons. The van der Waals surface area contributed by atoms with E-state index < -0.39 is 28.6 Å². The van der Waals surface area contributed by atoms with Gasteiger partial charge in [-0.1, -0.05) is 16.8 Å². The highest BCUT2D eigenvalue weighted by Gasteiger charge is 2.20. The first kappa shape index (κ1) is 14.2. The first-order valence-electron chi connectivity index (χ1n) is 5.78. The molecule has 3 rings (SSSR count). The van der Waals surface area contributed by atoms with Crippen LogP contribution in [0.2, 0.25) is 5.02 Å². The van der Waals surface area contributed by atoms with Crippen LogP contribution in [0.25, 0.3) is 16.7 Å². The highest BCUT2D eigenvalue weighted by Crippen LogP contribution is 2.24. The lowest BCUT2D eigenvalue weighted by molar-refractivity contribution is 0.0695. The van der Waals surface area contributed by atoms with Crippen LogP contribution in [0, 0.1) is 11.6 Å². The fourth-order valence-corrected chi connectivity index (χ4v) is 2.19. The van der Waals surface area contributed by atoms with Crippen LogP contribution in [0.5, 0.6) is 0 Å². The molecule has 6 nitrogen and oxygen atoms in total. The van der Waals surface area contributed by atoms with Gasteiger partial charge in [0.05, 0.1) is 10.9 Å². The number of aromatic nitrogens is 2. The van der Waals surface area contributed by atoms with Crippen molar-refractivity contribution in [1.82, 2.24) is 9.72 Å². The molecule has 0 bridgehead atoms. The number of aromatic carboxylic acids is 1. The lowest BCUT2D eigenvalue weighted by Crippen LogP contribution is -2.19. The van der Waals surface area contributed by atoms with Crippen LogP contribution in [0.3, 0.4) is 0 Å². The molecule has 0 aliphatic rings. The third-order valence-electron chi connectivity index (χ3n) is 3.01. The summed E-state index contributed by atoms with van der Waals surface area (Å²) in [5.74, 6) is -4.06. The Morgan fingerprint density at radius 2 is 2.00 bits per heavy atom. The van der Waals surface area contributed by atoms with Gasteiger partial charge in [0.15, 0.2) is 17.5 Å². The zero-order valence-electron chi connectivity index (χ0n) is 10.5. The van der Waals surface area contributed by atoms with Crippen LogP contribution in [-0.4, -0.2) is 20.8 Å². The quantitative estimate of drug-likeness (QED) is 0.782. The van der Waals surface area contributed by atoms with Crippen LogP contribution in [0.15, 0.2) is 33.9 Å². The summed E-state index contributed by atoms with van der Waals surface area (Å²) in [6.45, 7) is 0. The van der Waals surface area contributed by atoms with Gasteiger partial charge >= 0.3 is 5.97 Å². The molecule has 0 unspecified atom stereocenters. The van der Waals surface area contributed by atoms with E-state index in [0.29, 0.717) is 6.07 Å². The number of rotatable bonds is 2. The summed E-state index contributed by atoms with van der Waals surface area (Å²) < 4.78 is 32.5. The summed E-state index contributed by atoms with van der Waals surface area (Å²) >= 11 is 5.85. The van der Waals surface area contributed by atoms with Crippen molar-refractivity contribution in [1.29, 1.82) is 0 Å². The molecule has 1 N–H and O–H groups in total. The molecule has 2 aromatic heterocycles. The van der Waals surface area contributed by atoms with E-state index >= 15 is 0 Å². The minimum Gasteiger partial charge on any atom is -0.477 e. The minimum absolute atomic E-state index is 0.00557. The summed E-state index contributed by atoms with van der Waals surface area (Å²) in [4.78, 5) is 23.2. The zero-order chi connectivity index (χ0) is 16.0. The molecule has 0 amide bonds. The largest absolute Gasteiger partial charge is 0.477 e. The van der Waals surface area contributed by atoms with E-state index in [2.05, 4.69) is 9.68 Å². The Bertz CT molecular complexity index is 980. The second kappa shape index (κ2) is 4.92. The smallest absolute Gasteiger partial charge is 0.341 e. The van der Waals surface area contributed by atoms with Crippen molar-refractivity contribution in [3.63, 3.8) is 0 Å². The fraction of sp³-hybridized carbons (Fsp3) is 0. The molecule has 1 aromatic carbocycles. The van der Waals surface area contributed by atoms with Crippen molar-refractivity contribution in [3.05, 3.63) is 57.0 Å². The van der Waals surface area contributed by atoms with Gasteiger partial charge in [-0.05, 0) is 6.07 Å². The van der Waals surface area contributed by atoms with Gasteiger partial charge in [0, 0.05) is 12.3 Å². The number of pyridine rings is 1. The minimum atomic E-state index is -1.52. The first-order valence-corrected chi connectivity index (χ1v) is 6.16. The maximum Gasteiger partial charge on any atom is 0.341 e. The van der Waals surface area contributed by atoms with Gasteiger partial charge < -0.3 is 9.63 Å². The summed E-state index contributed by atoms with van der Waals surface area (Å²) in [7, 11) is 0. The molecular formula is C13H5ClF2N2O4. The Labute approximate surface area is 125 Å². The van der Waals surface area contributed by atoms with E-state index in [9.17, 15) is 18.4 Å². The van der Waals surface area contributed by atoms with Crippen molar-refractivity contribution >= 4 is 28.5 Å². The molecule has 0 saturated heterocycles. The maximum absolute atomic E-state index is 13.5. The van der Waals surface area contributed by atoms with Gasteiger partial charge in [-0.15, -0.1) is 0 Å². The predicted molar refractivity (Wildman–Crippen MR) is 71.5 cm³/mol. The number of nitrogens with zero attached hydrogens (tertiary/aromatic N) is 2. The summed E-state index contributed by atoms with van der Waals surface area (Å²) in [5.41, 5.74) is -1.68. The number of halogens is 3. The molecule has 0 aliphatic heterocycles. The van der Waals surface area contributed by atoms with E-state index in [0.717, 1.165) is 23.1 Å². The molecule has 2 heterocycles. The molecule has 0 fully saturated rings. The summed E-state index contributed by atoms with van der Waals surface area (Å²) in [6, 6.07) is 1.38. The number of carboxylic acid groups (broad SMARTS) is 1. The number of hydrogen-bond acceptors (Lipinski definition) is 4. The van der Waals surface area contributed by atoms with Crippen LogP contribution in [0.4, 0.5) is 8.78 Å². The number of carboxylic acids is 1. The predicted octanol–water partition coefficient (Wildman–Crippen LogP) is 2.61. The van der Waals surface area contributed by atoms with E-state index in [4.69, 9.17) is 16.7 Å². The second-order valence-corrected chi connectivity index (χ2v) is 4.72. The average Bonchev–Trinajstić information content (AvgIpc) is 2.87. The summed E-state index contributed by atoms with van der Waals surface area (Å²) in [6.07, 6.45) is 2.00. The fourth-order valence-electron chi connectivity index (χ4n) is 2.03. The van der Waals surface area contributed by atoms with Crippen LogP contribution in [-0.2, 0) is 0 Å². The number of hydrogen-bond donors (Lipinski definition) is 1. The molecule has 0 spiro atoms. The second-order valence-electron chi connectivity index (χ2n) is 4.32. The number of benzene rings is 1. The lowest BCUT2D eigenvalue weighted by atomic mass is 10.1. The van der Waals surface area contributed by atoms with E-state index in [1.165, 1.54) is 0 Å². The molecule has 3 aromatic rings. The van der Waals surface area contributed by atoms with Crippen LogP contribution >= 0.6 is 11.6 Å². The third-order valence-corrected chi connectivity index (χ3v) is 3.27. The van der Waals surface area contributed by atoms with Gasteiger partial charge in [0.1, 0.15) is 16.8 Å². The van der Waals surface area contributed by atoms with Gasteiger partial charge in [0.2, 0.25) is 5.43 Å². The highest BCUT2D eigenvalue weighted by atomic mass is 35.5. The standard InChI is InChI=1S/C13H5ClF2N2O4/c14-7-4-22-17-12(7)18-3-6(13(20)21)11(19)5-1-8(15)9(16)2-10(5)18/h1-4H,(H,20,21). The highest BCUT2D eigenvalue weighted by molar-refractivity contribution is 6.32. The Morgan fingerprint density at radius 1 is 1.32 bits per heavy atom. The first-order chi connectivity index (χ1) is 10.4. The Kier molecular flexibility index (Phi) is 3.18. The Hall–Kier alpha value is -2.74. The normalized spacial score (nSPS) is 11.0. The van der Waals surface area contributed by atoms with Crippen LogP contribution in [0.1, 0.15) is 10.4 Å². The topological polar surface area (TPSA) is 85.3 Å². The van der Waals surface area contributed by atoms with Gasteiger partial charge in [-0.3, -0.25) is 9.36 Å². The molecule has 9 heteroatoms.